The van der Waals surface area contributed by atoms with Gasteiger partial charge in [0.1, 0.15) is 62.5 Å². The molecule has 0 spiro atoms. The first-order valence-electron chi connectivity index (χ1n) is 23.5. The van der Waals surface area contributed by atoms with Gasteiger partial charge in [-0.3, -0.25) is 38.4 Å². The van der Waals surface area contributed by atoms with Crippen molar-refractivity contribution in [1.82, 2.24) is 32.1 Å². The number of carboxylic acids is 1. The minimum atomic E-state index is -1.21. The summed E-state index contributed by atoms with van der Waals surface area (Å²) < 4.78 is 18.7. The Morgan fingerprint density at radius 3 is 1.64 bits per heavy atom. The molecule has 3 atom stereocenters. The zero-order valence-electron chi connectivity index (χ0n) is 43.2. The van der Waals surface area contributed by atoms with Crippen molar-refractivity contribution in [2.45, 2.75) is 126 Å². The van der Waals surface area contributed by atoms with E-state index in [0.717, 1.165) is 6.08 Å². The number of rotatable bonds is 28. The van der Waals surface area contributed by atoms with E-state index >= 15 is 0 Å². The summed E-state index contributed by atoms with van der Waals surface area (Å²) >= 11 is 0. The summed E-state index contributed by atoms with van der Waals surface area (Å²) in [5.41, 5.74) is 7.15. The molecule has 8 N–H and O–H groups in total. The van der Waals surface area contributed by atoms with Crippen LogP contribution < -0.4 is 32.1 Å². The Kier molecular flexibility index (Phi) is 37.4. The number of hydrogen-bond donors (Lipinski definition) is 8. The summed E-state index contributed by atoms with van der Waals surface area (Å²) in [4.78, 5) is 118. The number of aliphatic carboxylic acids is 1. The van der Waals surface area contributed by atoms with Gasteiger partial charge in [-0.25, -0.2) is 15.0 Å². The van der Waals surface area contributed by atoms with Crippen molar-refractivity contribution in [3.8, 4) is 5.75 Å². The van der Waals surface area contributed by atoms with Crippen molar-refractivity contribution in [3.63, 3.8) is 0 Å². The van der Waals surface area contributed by atoms with Crippen LogP contribution in [0.15, 0.2) is 66.4 Å². The van der Waals surface area contributed by atoms with Gasteiger partial charge in [-0.15, -0.1) is 0 Å². The molecule has 0 saturated carbocycles. The number of ketones is 1. The van der Waals surface area contributed by atoms with Crippen LogP contribution in [-0.4, -0.2) is 127 Å². The Balaban J connectivity index is 0. The number of benzene rings is 2. The minimum Gasteiger partial charge on any atom is -0.508 e. The standard InChI is InChI=1S/C36H48N6O11.C8H12O5.C4H10.C2H6/c1-22(2)16-30(36(50)51)40-35(49)28(18-25-8-6-5-7-9-25)39-32(46)21-37-31(45)20-38-34(48)29(19-26-10-12-27(44)13-11-26)42-41-23(3)17-33(47)53-15-14-52-24(4)43;1-6(9)5-8(11)13-4-3-12-7(2)10;1-3-4-2;1-2/h5-13,17,22,28-30,41-42,44H,14-16,18-21H2,1-4H3,(H,37,45)(H,38,48)(H,39,46)(H,40,49)(H,50,51);3-5H2,1-2H3;3-4H2,1-2H3;1-2H3/b23-17-;;;/t28-,29?,30?;;;/m0.../s1. The van der Waals surface area contributed by atoms with Crippen molar-refractivity contribution in [2.24, 2.45) is 5.92 Å². The van der Waals surface area contributed by atoms with Crippen LogP contribution in [-0.2, 0) is 79.7 Å². The van der Waals surface area contributed by atoms with E-state index in [1.165, 1.54) is 52.7 Å². The molecule has 0 heterocycles. The Hall–Kier alpha value is -7.36. The second-order valence-electron chi connectivity index (χ2n) is 15.8. The Bertz CT molecular complexity index is 2010. The van der Waals surface area contributed by atoms with E-state index in [9.17, 15) is 58.2 Å². The first kappa shape index (κ1) is 66.7. The number of nitrogens with one attached hydrogen (secondary N) is 6. The van der Waals surface area contributed by atoms with Gasteiger partial charge in [0.25, 0.3) is 0 Å². The summed E-state index contributed by atoms with van der Waals surface area (Å²) in [7, 11) is 0. The molecule has 2 aromatic rings. The number of allylic oxidation sites excluding steroid dienone is 1. The van der Waals surface area contributed by atoms with Crippen LogP contribution in [0.2, 0.25) is 0 Å². The van der Waals surface area contributed by atoms with Gasteiger partial charge in [-0.2, -0.15) is 0 Å². The highest BCUT2D eigenvalue weighted by Crippen LogP contribution is 2.12. The lowest BCUT2D eigenvalue weighted by molar-refractivity contribution is -0.152. The van der Waals surface area contributed by atoms with Crippen molar-refractivity contribution in [3.05, 3.63) is 77.5 Å². The molecule has 2 rings (SSSR count). The van der Waals surface area contributed by atoms with E-state index in [1.54, 1.807) is 42.5 Å². The monoisotopic (exact) mass is 1020 g/mol. The molecule has 2 aromatic carbocycles. The highest BCUT2D eigenvalue weighted by Gasteiger charge is 2.28. The van der Waals surface area contributed by atoms with Crippen LogP contribution in [0, 0.1) is 5.92 Å². The van der Waals surface area contributed by atoms with Crippen LogP contribution in [0.25, 0.3) is 0 Å². The molecule has 402 valence electrons. The SMILES string of the molecule is CC.CC(=O)CC(=O)OCCOC(C)=O.CC(=O)OCCOC(=O)/C=C(/C)NNC(Cc1ccc(O)cc1)C(=O)NCC(=O)NCC(=O)N[C@@H](Cc1ccccc1)C(=O)NC(CC(C)C)C(=O)O.CCCC. The predicted molar refractivity (Wildman–Crippen MR) is 265 cm³/mol. The van der Waals surface area contributed by atoms with Gasteiger partial charge in [0.2, 0.25) is 23.6 Å². The zero-order valence-corrected chi connectivity index (χ0v) is 43.2. The molecule has 4 amide bonds. The predicted octanol–water partition coefficient (Wildman–Crippen LogP) is 2.89. The van der Waals surface area contributed by atoms with Gasteiger partial charge in [0.15, 0.2) is 0 Å². The molecule has 22 heteroatoms. The van der Waals surface area contributed by atoms with Gasteiger partial charge in [-0.05, 0) is 55.9 Å². The molecule has 0 fully saturated rings. The average Bonchev–Trinajstić information content (AvgIpc) is 3.32. The summed E-state index contributed by atoms with van der Waals surface area (Å²) in [5, 5.41) is 29.1. The molecule has 0 aliphatic rings. The van der Waals surface area contributed by atoms with Crippen molar-refractivity contribution in [1.29, 1.82) is 0 Å². The molecule has 2 unspecified atom stereocenters. The van der Waals surface area contributed by atoms with E-state index in [2.05, 4.69) is 55.4 Å². The second kappa shape index (κ2) is 40.4. The third-order valence-electron chi connectivity index (χ3n) is 8.77. The normalized spacial score (nSPS) is 11.5. The lowest BCUT2D eigenvalue weighted by atomic mass is 10.0. The maximum atomic E-state index is 13.2. The van der Waals surface area contributed by atoms with Crippen molar-refractivity contribution < 1.29 is 77.1 Å². The third-order valence-corrected chi connectivity index (χ3v) is 8.77. The Morgan fingerprint density at radius 1 is 0.611 bits per heavy atom. The molecule has 0 bridgehead atoms. The number of amides is 4. The largest absolute Gasteiger partial charge is 0.508 e. The number of carbonyl (C=O) groups is 10. The van der Waals surface area contributed by atoms with E-state index < -0.39 is 84.7 Å². The minimum absolute atomic E-state index is 0.00824. The van der Waals surface area contributed by atoms with E-state index in [1.807, 2.05) is 27.7 Å². The van der Waals surface area contributed by atoms with Crippen LogP contribution >= 0.6 is 0 Å². The van der Waals surface area contributed by atoms with Crippen molar-refractivity contribution >= 4 is 59.3 Å². The van der Waals surface area contributed by atoms with E-state index in [-0.39, 0.29) is 75.3 Å². The topological polar surface area (TPSA) is 320 Å². The number of hydrazine groups is 1. The molecule has 72 heavy (non-hydrogen) atoms. The Morgan fingerprint density at radius 2 is 1.12 bits per heavy atom. The van der Waals surface area contributed by atoms with Gasteiger partial charge in [0, 0.05) is 32.0 Å². The number of esters is 4. The molecular formula is C50H76N6O16. The smallest absolute Gasteiger partial charge is 0.332 e. The number of Topliss-reactive ketones (excluding diaryl/α,β-unsaturated/α-hetero) is 1. The van der Waals surface area contributed by atoms with Gasteiger partial charge < -0.3 is 55.9 Å². The van der Waals surface area contributed by atoms with E-state index in [0.29, 0.717) is 11.1 Å². The first-order chi connectivity index (χ1) is 34.1. The summed E-state index contributed by atoms with van der Waals surface area (Å²) in [6.45, 7) is 16.0. The summed E-state index contributed by atoms with van der Waals surface area (Å²) in [5.74, 6) is -6.49. The lowest BCUT2D eigenvalue weighted by Gasteiger charge is -2.22. The fourth-order valence-corrected chi connectivity index (χ4v) is 5.26. The van der Waals surface area contributed by atoms with Gasteiger partial charge in [0.05, 0.1) is 13.1 Å². The lowest BCUT2D eigenvalue weighted by Crippen LogP contribution is -2.54. The maximum absolute atomic E-state index is 13.2. The van der Waals surface area contributed by atoms with Crippen LogP contribution in [0.5, 0.6) is 5.75 Å². The summed E-state index contributed by atoms with van der Waals surface area (Å²) in [6.07, 6.45) is 3.85. The van der Waals surface area contributed by atoms with E-state index in [4.69, 9.17) is 9.47 Å². The fraction of sp³-hybridized carbons (Fsp3) is 0.520. The number of unbranched alkanes of at least 4 members (excludes halogenated alkanes) is 1. The van der Waals surface area contributed by atoms with Crippen LogP contribution in [0.1, 0.15) is 106 Å². The van der Waals surface area contributed by atoms with Gasteiger partial charge >= 0.3 is 29.8 Å². The number of carboxylic acid groups (broad SMARTS) is 1. The first-order valence-corrected chi connectivity index (χ1v) is 23.5. The molecule has 0 aliphatic heterocycles. The van der Waals surface area contributed by atoms with Crippen LogP contribution in [0.4, 0.5) is 0 Å². The molecular weight excluding hydrogens is 941 g/mol. The maximum Gasteiger partial charge on any atom is 0.332 e. The number of hydrogen-bond acceptors (Lipinski definition) is 17. The molecule has 0 aliphatic carbocycles. The number of aromatic hydroxyl groups is 1. The average molecular weight is 1020 g/mol. The molecule has 0 aromatic heterocycles. The molecule has 0 saturated heterocycles. The fourth-order valence-electron chi connectivity index (χ4n) is 5.26. The number of carbonyl (C=O) groups excluding carboxylic acids is 9. The number of phenolic OH excluding ortho intramolecular Hbond substituents is 1. The second-order valence-corrected chi connectivity index (χ2v) is 15.8. The van der Waals surface area contributed by atoms with Gasteiger partial charge in [-0.1, -0.05) is 96.8 Å². The highest BCUT2D eigenvalue weighted by atomic mass is 16.6. The van der Waals surface area contributed by atoms with Crippen LogP contribution in [0.3, 0.4) is 0 Å². The zero-order chi connectivity index (χ0) is 55.0. The highest BCUT2D eigenvalue weighted by molar-refractivity contribution is 5.94. The number of phenols is 1. The third kappa shape index (κ3) is 36.6. The number of ether oxygens (including phenoxy) is 4. The molecule has 0 radical (unpaired) electrons. The van der Waals surface area contributed by atoms with Crippen molar-refractivity contribution in [2.75, 3.05) is 39.5 Å². The summed E-state index contributed by atoms with van der Waals surface area (Å²) in [6, 6.07) is 11.6. The Labute approximate surface area is 422 Å². The quantitative estimate of drug-likeness (QED) is 0.0152. The molecule has 22 nitrogen and oxygen atoms in total.